The Morgan fingerprint density at radius 1 is 0.456 bits per heavy atom. The largest absolute Gasteiger partial charge is 0.478 e. The number of hydrogen-bond donors (Lipinski definition) is 9. The highest BCUT2D eigenvalue weighted by molar-refractivity contribution is 5.95. The molecule has 1 unspecified atom stereocenters. The summed E-state index contributed by atoms with van der Waals surface area (Å²) >= 11 is 0. The number of nitrogens with two attached hydrogens (primary N) is 5. The van der Waals surface area contributed by atoms with Crippen LogP contribution in [0.25, 0.3) is 0 Å². The molecule has 0 bridgehead atoms. The molecule has 3 heterocycles. The van der Waals surface area contributed by atoms with Gasteiger partial charge in [0.2, 0.25) is 23.6 Å². The van der Waals surface area contributed by atoms with E-state index in [1.807, 2.05) is 73.7 Å². The number of aromatic carboxylic acids is 1. The van der Waals surface area contributed by atoms with E-state index in [2.05, 4.69) is 89.6 Å². The van der Waals surface area contributed by atoms with E-state index in [1.54, 1.807) is 42.5 Å². The van der Waals surface area contributed by atoms with E-state index in [1.165, 1.54) is 0 Å². The quantitative estimate of drug-likeness (QED) is 0.0550. The zero-order chi connectivity index (χ0) is 64.2. The summed E-state index contributed by atoms with van der Waals surface area (Å²) in [7, 11) is 0. The van der Waals surface area contributed by atoms with E-state index in [4.69, 9.17) is 33.4 Å². The average Bonchev–Trinajstić information content (AvgIpc) is 1.52. The molecule has 3 aliphatic rings. The molecule has 3 aromatic heterocycles. The lowest BCUT2D eigenvalue weighted by molar-refractivity contribution is -0.120. The van der Waals surface area contributed by atoms with Crippen molar-refractivity contribution in [2.75, 3.05) is 0 Å². The number of nitrogens with one attached hydrogen (secondary N) is 3. The van der Waals surface area contributed by atoms with Crippen molar-refractivity contribution in [2.24, 2.45) is 40.5 Å². The number of benzene rings is 6. The van der Waals surface area contributed by atoms with Crippen LogP contribution in [0, 0.1) is 11.8 Å². The number of rotatable bonds is 16. The Morgan fingerprint density at radius 2 is 0.733 bits per heavy atom. The molecule has 25 heteroatoms. The molecule has 0 spiro atoms. The summed E-state index contributed by atoms with van der Waals surface area (Å²) in [6, 6.07) is 32.6. The number of aryl methyl sites for hydroxylation is 6. The minimum Gasteiger partial charge on any atom is -0.478 e. The second-order valence-corrected chi connectivity index (χ2v) is 24.0. The number of tetrazole rings is 3. The molecule has 0 aliphatic heterocycles. The maximum Gasteiger partial charge on any atom is 0.335 e. The lowest BCUT2D eigenvalue weighted by atomic mass is 9.67. The van der Waals surface area contributed by atoms with Gasteiger partial charge in [0.25, 0.3) is 6.47 Å². The number of H-pyrrole nitrogens is 3. The molecule has 90 heavy (non-hydrogen) atoms. The minimum atomic E-state index is -0.963. The SMILES string of the molecule is CC(C)CC1(c2nn[nH]n2)c2ccc(C(N)=O)cc2CCc2cc(C(N)=O)ccc21.CC(C)CC1(c2nn[nH]n2)c2ccc(OC=O)cc2CCc2cc(C(=O)O)ccc21.C[C@H](N)CC1(c2nn[nH]n2)c2ccc(C(N)=O)cc2CCc2cc(C(N)=O)ccc21. The van der Waals surface area contributed by atoms with Gasteiger partial charge in [-0.15, -0.1) is 30.6 Å². The van der Waals surface area contributed by atoms with Crippen LogP contribution in [0.3, 0.4) is 0 Å². The van der Waals surface area contributed by atoms with Crippen molar-refractivity contribution in [3.8, 4) is 5.75 Å². The van der Waals surface area contributed by atoms with Crippen molar-refractivity contribution >= 4 is 36.1 Å². The van der Waals surface area contributed by atoms with Gasteiger partial charge in [-0.1, -0.05) is 79.7 Å². The van der Waals surface area contributed by atoms with Gasteiger partial charge in [-0.25, -0.2) is 4.79 Å². The van der Waals surface area contributed by atoms with Crippen molar-refractivity contribution < 1.29 is 38.6 Å². The number of carbonyl (C=O) groups is 6. The predicted molar refractivity (Wildman–Crippen MR) is 328 cm³/mol. The van der Waals surface area contributed by atoms with Gasteiger partial charge in [0.05, 0.1) is 21.8 Å². The standard InChI is InChI=1S/C22H24N6O2.C22H22N4O4.C21H23N7O2/c1-12(2)11-22(21-25-27-28-26-21)17-7-5-15(19(23)29)9-13(17)3-4-14-10-16(20(24)30)6-8-18(14)22;1-13(2)11-22(21-23-25-26-24-21)18-7-5-16(20(28)29)9-14(18)3-4-15-10-17(30-12-27)6-8-19(15)22;1-11(22)10-21(20-25-27-28-26-20)16-6-4-14(18(23)29)8-12(16)2-3-13-9-15(19(24)30)5-7-17(13)21/h5-10,12H,3-4,11H2,1-2H3,(H2,23,29)(H2,24,30)(H,25,26,27,28);5-10,12-13H,3-4,11H2,1-2H3,(H,28,29)(H,23,24,25,26);4-9,11H,2-3,10,22H2,1H3,(H2,23,29)(H2,24,30)(H,25,26,27,28)/t;;11-/m..0/s1. The van der Waals surface area contributed by atoms with E-state index in [0.717, 1.165) is 73.2 Å². The third-order valence-electron chi connectivity index (χ3n) is 17.2. The van der Waals surface area contributed by atoms with Crippen LogP contribution in [0.2, 0.25) is 0 Å². The van der Waals surface area contributed by atoms with E-state index >= 15 is 0 Å². The van der Waals surface area contributed by atoms with Crippen molar-refractivity contribution in [3.05, 3.63) is 221 Å². The Morgan fingerprint density at radius 3 is 0.989 bits per heavy atom. The molecule has 12 rings (SSSR count). The molecule has 0 radical (unpaired) electrons. The van der Waals surface area contributed by atoms with Crippen LogP contribution in [0.4, 0.5) is 0 Å². The normalized spacial score (nSPS) is 16.0. The van der Waals surface area contributed by atoms with Gasteiger partial charge in [-0.05, 0) is 216 Å². The number of hydrogen-bond acceptors (Lipinski definition) is 17. The molecule has 14 N–H and O–H groups in total. The molecule has 2 atom stereocenters. The Labute approximate surface area is 516 Å². The molecule has 0 fully saturated rings. The van der Waals surface area contributed by atoms with E-state index < -0.39 is 45.8 Å². The molecular formula is C65H69N17O8. The molecule has 9 aromatic rings. The number of aromatic nitrogens is 12. The first kappa shape index (κ1) is 62.4. The number of nitrogens with zero attached hydrogens (tertiary/aromatic N) is 9. The van der Waals surface area contributed by atoms with Crippen LogP contribution in [0.15, 0.2) is 109 Å². The van der Waals surface area contributed by atoms with E-state index in [-0.39, 0.29) is 17.5 Å². The summed E-state index contributed by atoms with van der Waals surface area (Å²) < 4.78 is 5.07. The Bertz CT molecular complexity index is 3870. The lowest BCUT2D eigenvalue weighted by Crippen LogP contribution is -2.38. The summed E-state index contributed by atoms with van der Waals surface area (Å²) in [6.45, 7) is 10.9. The number of ether oxygens (including phenoxy) is 1. The zero-order valence-electron chi connectivity index (χ0n) is 50.3. The predicted octanol–water partition coefficient (Wildman–Crippen LogP) is 5.36. The third-order valence-corrected chi connectivity index (χ3v) is 17.2. The number of primary amides is 4. The van der Waals surface area contributed by atoms with E-state index in [9.17, 15) is 33.9 Å². The zero-order valence-corrected chi connectivity index (χ0v) is 50.3. The molecule has 4 amide bonds. The van der Waals surface area contributed by atoms with Crippen LogP contribution < -0.4 is 33.4 Å². The molecule has 0 saturated heterocycles. The number of carboxylic acids is 1. The first-order valence-corrected chi connectivity index (χ1v) is 29.4. The fourth-order valence-electron chi connectivity index (χ4n) is 13.8. The van der Waals surface area contributed by atoms with Crippen molar-refractivity contribution in [1.82, 2.24) is 61.9 Å². The summed E-state index contributed by atoms with van der Waals surface area (Å²) in [5.74, 6) is -0.270. The summed E-state index contributed by atoms with van der Waals surface area (Å²) in [6.07, 6.45) is 5.88. The second-order valence-electron chi connectivity index (χ2n) is 24.0. The van der Waals surface area contributed by atoms with Crippen molar-refractivity contribution in [1.29, 1.82) is 0 Å². The monoisotopic (exact) mass is 1220 g/mol. The number of amides is 4. The molecular weight excluding hydrogens is 1150 g/mol. The Hall–Kier alpha value is -10.7. The Balaban J connectivity index is 0.000000148. The maximum atomic E-state index is 11.8. The van der Waals surface area contributed by atoms with Crippen molar-refractivity contribution in [2.45, 2.75) is 115 Å². The number of aromatic amines is 3. The van der Waals surface area contributed by atoms with Gasteiger partial charge in [0, 0.05) is 28.3 Å². The summed E-state index contributed by atoms with van der Waals surface area (Å²) in [5.41, 5.74) is 40.0. The van der Waals surface area contributed by atoms with Crippen LogP contribution in [-0.4, -0.2) is 109 Å². The molecule has 3 aliphatic carbocycles. The highest BCUT2D eigenvalue weighted by Crippen LogP contribution is 2.51. The van der Waals surface area contributed by atoms with E-state index in [0.29, 0.717) is 109 Å². The van der Waals surface area contributed by atoms with Gasteiger partial charge >= 0.3 is 5.97 Å². The highest BCUT2D eigenvalue weighted by atomic mass is 16.5. The second kappa shape index (κ2) is 25.6. The van der Waals surface area contributed by atoms with Gasteiger partial charge in [-0.3, -0.25) is 24.0 Å². The number of carbonyl (C=O) groups excluding carboxylic acids is 5. The molecule has 0 saturated carbocycles. The summed E-state index contributed by atoms with van der Waals surface area (Å²) in [5, 5.41) is 54.8. The first-order chi connectivity index (χ1) is 43.1. The van der Waals surface area contributed by atoms with Gasteiger partial charge < -0.3 is 38.5 Å². The summed E-state index contributed by atoms with van der Waals surface area (Å²) in [4.78, 5) is 69.6. The molecule has 25 nitrogen and oxygen atoms in total. The maximum absolute atomic E-state index is 11.8. The Kier molecular flexibility index (Phi) is 17.7. The van der Waals surface area contributed by atoms with Gasteiger partial charge in [0.1, 0.15) is 5.75 Å². The third kappa shape index (κ3) is 11.8. The van der Waals surface area contributed by atoms with Crippen LogP contribution >= 0.6 is 0 Å². The van der Waals surface area contributed by atoms with Crippen LogP contribution in [-0.2, 0) is 59.6 Å². The van der Waals surface area contributed by atoms with Crippen molar-refractivity contribution in [3.63, 3.8) is 0 Å². The van der Waals surface area contributed by atoms with Gasteiger partial charge in [0.15, 0.2) is 17.5 Å². The number of carboxylic acid groups (broad SMARTS) is 1. The topological polar surface area (TPSA) is 425 Å². The number of fused-ring (bicyclic) bond motifs is 6. The molecule has 6 aromatic carbocycles. The fraction of sp³-hybridized carbons (Fsp3) is 0.308. The minimum absolute atomic E-state index is 0.200. The van der Waals surface area contributed by atoms with Crippen LogP contribution in [0.5, 0.6) is 5.75 Å². The first-order valence-electron chi connectivity index (χ1n) is 29.4. The van der Waals surface area contributed by atoms with Gasteiger partial charge in [-0.2, -0.15) is 15.6 Å². The van der Waals surface area contributed by atoms with Crippen LogP contribution in [0.1, 0.15) is 190 Å². The smallest absolute Gasteiger partial charge is 0.335 e. The molecule has 462 valence electrons. The highest BCUT2D eigenvalue weighted by Gasteiger charge is 2.48. The average molecular weight is 1220 g/mol. The lowest BCUT2D eigenvalue weighted by Gasteiger charge is -2.35. The fourth-order valence-corrected chi connectivity index (χ4v) is 13.8.